The fourth-order valence-electron chi connectivity index (χ4n) is 3.41. The number of ether oxygens (including phenoxy) is 1. The zero-order chi connectivity index (χ0) is 16.4. The maximum atomic E-state index is 14.0. The summed E-state index contributed by atoms with van der Waals surface area (Å²) in [7, 11) is 1.38. The minimum absolute atomic E-state index is 0.299. The van der Waals surface area contributed by atoms with E-state index in [4.69, 9.17) is 4.74 Å². The molecule has 3 heteroatoms. The van der Waals surface area contributed by atoms with Crippen LogP contribution >= 0.6 is 0 Å². The van der Waals surface area contributed by atoms with Crippen LogP contribution in [0.2, 0.25) is 0 Å². The van der Waals surface area contributed by atoms with Crippen LogP contribution in [0, 0.1) is 12.7 Å². The number of methoxy groups -OCH3 is 1. The molecule has 0 unspecified atom stereocenters. The van der Waals surface area contributed by atoms with E-state index in [2.05, 4.69) is 0 Å². The third-order valence-electron chi connectivity index (χ3n) is 4.65. The first-order chi connectivity index (χ1) is 11.1. The van der Waals surface area contributed by atoms with E-state index in [0.717, 1.165) is 17.6 Å². The van der Waals surface area contributed by atoms with E-state index >= 15 is 0 Å². The SMILES string of the molecule is COC(=O)[C@]1(c2cccc(F)c2C)C=C(c2ccccc2)CC1. The monoisotopic (exact) mass is 310 g/mol. The first-order valence-electron chi connectivity index (χ1n) is 7.69. The third-order valence-corrected chi connectivity index (χ3v) is 4.65. The lowest BCUT2D eigenvalue weighted by Gasteiger charge is -2.26. The Morgan fingerprint density at radius 1 is 1.13 bits per heavy atom. The number of carbonyl (C=O) groups excluding carboxylic acids is 1. The van der Waals surface area contributed by atoms with Crippen LogP contribution in [0.4, 0.5) is 4.39 Å². The number of allylic oxidation sites excluding steroid dienone is 1. The van der Waals surface area contributed by atoms with Crippen LogP contribution in [0.15, 0.2) is 54.6 Å². The van der Waals surface area contributed by atoms with E-state index in [1.807, 2.05) is 42.5 Å². The molecule has 3 rings (SSSR count). The molecule has 0 radical (unpaired) electrons. The Labute approximate surface area is 135 Å². The largest absolute Gasteiger partial charge is 0.468 e. The van der Waals surface area contributed by atoms with Gasteiger partial charge in [-0.2, -0.15) is 0 Å². The van der Waals surface area contributed by atoms with Gasteiger partial charge in [0.05, 0.1) is 7.11 Å². The van der Waals surface area contributed by atoms with Crippen molar-refractivity contribution in [3.63, 3.8) is 0 Å². The fraction of sp³-hybridized carbons (Fsp3) is 0.250. The normalized spacial score (nSPS) is 20.2. The summed E-state index contributed by atoms with van der Waals surface area (Å²) < 4.78 is 19.1. The van der Waals surface area contributed by atoms with Crippen molar-refractivity contribution in [3.8, 4) is 0 Å². The molecular formula is C20H19FO2. The number of hydrogen-bond acceptors (Lipinski definition) is 2. The molecule has 0 heterocycles. The zero-order valence-electron chi connectivity index (χ0n) is 13.3. The smallest absolute Gasteiger partial charge is 0.320 e. The Morgan fingerprint density at radius 2 is 1.87 bits per heavy atom. The molecule has 0 N–H and O–H groups in total. The van der Waals surface area contributed by atoms with E-state index in [1.165, 1.54) is 13.2 Å². The molecular weight excluding hydrogens is 291 g/mol. The predicted molar refractivity (Wildman–Crippen MR) is 88.5 cm³/mol. The molecule has 0 saturated heterocycles. The van der Waals surface area contributed by atoms with Crippen molar-refractivity contribution in [2.75, 3.05) is 7.11 Å². The van der Waals surface area contributed by atoms with Gasteiger partial charge in [-0.3, -0.25) is 4.79 Å². The van der Waals surface area contributed by atoms with Crippen LogP contribution in [-0.2, 0) is 14.9 Å². The van der Waals surface area contributed by atoms with Gasteiger partial charge in [0.25, 0.3) is 0 Å². The molecule has 0 spiro atoms. The molecule has 2 nitrogen and oxygen atoms in total. The van der Waals surface area contributed by atoms with Gasteiger partial charge in [-0.1, -0.05) is 48.5 Å². The molecule has 0 fully saturated rings. The second-order valence-corrected chi connectivity index (χ2v) is 5.91. The number of hydrogen-bond donors (Lipinski definition) is 0. The summed E-state index contributed by atoms with van der Waals surface area (Å²) in [5.74, 6) is -0.635. The van der Waals surface area contributed by atoms with Gasteiger partial charge in [-0.25, -0.2) is 4.39 Å². The van der Waals surface area contributed by atoms with Crippen LogP contribution in [-0.4, -0.2) is 13.1 Å². The van der Waals surface area contributed by atoms with Gasteiger partial charge in [0.15, 0.2) is 0 Å². The quantitative estimate of drug-likeness (QED) is 0.784. The van der Waals surface area contributed by atoms with Crippen LogP contribution in [0.25, 0.3) is 5.57 Å². The summed E-state index contributed by atoms with van der Waals surface area (Å²) >= 11 is 0. The second-order valence-electron chi connectivity index (χ2n) is 5.91. The highest BCUT2D eigenvalue weighted by Gasteiger charge is 2.44. The zero-order valence-corrected chi connectivity index (χ0v) is 13.3. The summed E-state index contributed by atoms with van der Waals surface area (Å²) in [5.41, 5.74) is 2.47. The van der Waals surface area contributed by atoms with Gasteiger partial charge in [0.1, 0.15) is 11.2 Å². The Hall–Kier alpha value is -2.42. The Balaban J connectivity index is 2.15. The molecule has 0 aromatic heterocycles. The molecule has 1 aliphatic carbocycles. The minimum Gasteiger partial charge on any atom is -0.468 e. The van der Waals surface area contributed by atoms with Gasteiger partial charge >= 0.3 is 5.97 Å². The molecule has 23 heavy (non-hydrogen) atoms. The molecule has 0 aliphatic heterocycles. The molecule has 2 aromatic carbocycles. The summed E-state index contributed by atoms with van der Waals surface area (Å²) in [5, 5.41) is 0. The first kappa shape index (κ1) is 15.5. The van der Waals surface area contributed by atoms with Gasteiger partial charge in [0, 0.05) is 0 Å². The Morgan fingerprint density at radius 3 is 2.57 bits per heavy atom. The van der Waals surface area contributed by atoms with Crippen molar-refractivity contribution >= 4 is 11.5 Å². The predicted octanol–water partition coefficient (Wildman–Crippen LogP) is 4.42. The average Bonchev–Trinajstić information content (AvgIpc) is 3.04. The van der Waals surface area contributed by atoms with Gasteiger partial charge in [-0.15, -0.1) is 0 Å². The van der Waals surface area contributed by atoms with Crippen molar-refractivity contribution in [1.82, 2.24) is 0 Å². The van der Waals surface area contributed by atoms with E-state index in [0.29, 0.717) is 17.5 Å². The first-order valence-corrected chi connectivity index (χ1v) is 7.69. The summed E-state index contributed by atoms with van der Waals surface area (Å²) in [6, 6.07) is 14.8. The highest BCUT2D eigenvalue weighted by Crippen LogP contribution is 2.45. The molecule has 1 aliphatic rings. The lowest BCUT2D eigenvalue weighted by molar-refractivity contribution is -0.145. The van der Waals surface area contributed by atoms with E-state index in [9.17, 15) is 9.18 Å². The highest BCUT2D eigenvalue weighted by molar-refractivity contribution is 5.91. The number of rotatable bonds is 3. The summed E-state index contributed by atoms with van der Waals surface area (Å²) in [6.07, 6.45) is 3.30. The average molecular weight is 310 g/mol. The van der Waals surface area contributed by atoms with Crippen LogP contribution in [0.3, 0.4) is 0 Å². The Kier molecular flexibility index (Phi) is 4.03. The van der Waals surface area contributed by atoms with E-state index in [-0.39, 0.29) is 11.8 Å². The van der Waals surface area contributed by atoms with Crippen molar-refractivity contribution in [2.45, 2.75) is 25.2 Å². The van der Waals surface area contributed by atoms with Crippen molar-refractivity contribution in [1.29, 1.82) is 0 Å². The Bertz CT molecular complexity index is 764. The molecule has 2 aromatic rings. The fourth-order valence-corrected chi connectivity index (χ4v) is 3.41. The third kappa shape index (κ3) is 2.56. The van der Waals surface area contributed by atoms with Crippen LogP contribution in [0.1, 0.15) is 29.5 Å². The standard InChI is InChI=1S/C20H19FO2/c1-14-17(9-6-10-18(14)21)20(19(22)23-2)12-11-16(13-20)15-7-4-3-5-8-15/h3-10,13H,11-12H2,1-2H3/t20-/m0/s1. The van der Waals surface area contributed by atoms with Gasteiger partial charge in [0.2, 0.25) is 0 Å². The molecule has 0 amide bonds. The molecule has 1 atom stereocenters. The number of esters is 1. The lowest BCUT2D eigenvalue weighted by Crippen LogP contribution is -2.34. The second kappa shape index (κ2) is 5.99. The molecule has 118 valence electrons. The van der Waals surface area contributed by atoms with Crippen molar-refractivity contribution in [2.24, 2.45) is 0 Å². The van der Waals surface area contributed by atoms with E-state index in [1.54, 1.807) is 13.0 Å². The van der Waals surface area contributed by atoms with Crippen LogP contribution in [0.5, 0.6) is 0 Å². The summed E-state index contributed by atoms with van der Waals surface area (Å²) in [6.45, 7) is 1.71. The van der Waals surface area contributed by atoms with Gasteiger partial charge in [-0.05, 0) is 48.1 Å². The molecule has 0 saturated carbocycles. The lowest BCUT2D eigenvalue weighted by atomic mass is 9.77. The topological polar surface area (TPSA) is 26.3 Å². The minimum atomic E-state index is -0.911. The maximum Gasteiger partial charge on any atom is 0.320 e. The van der Waals surface area contributed by atoms with Crippen molar-refractivity contribution in [3.05, 3.63) is 77.1 Å². The van der Waals surface area contributed by atoms with Crippen LogP contribution < -0.4 is 0 Å². The molecule has 0 bridgehead atoms. The van der Waals surface area contributed by atoms with E-state index < -0.39 is 5.41 Å². The van der Waals surface area contributed by atoms with Crippen molar-refractivity contribution < 1.29 is 13.9 Å². The number of carbonyl (C=O) groups is 1. The highest BCUT2D eigenvalue weighted by atomic mass is 19.1. The van der Waals surface area contributed by atoms with Gasteiger partial charge < -0.3 is 4.74 Å². The number of benzene rings is 2. The maximum absolute atomic E-state index is 14.0. The number of halogens is 1. The summed E-state index contributed by atoms with van der Waals surface area (Å²) in [4.78, 5) is 12.6.